The van der Waals surface area contributed by atoms with E-state index < -0.39 is 15.9 Å². The lowest BCUT2D eigenvalue weighted by atomic mass is 10.1. The Morgan fingerprint density at radius 3 is 2.68 bits per heavy atom. The summed E-state index contributed by atoms with van der Waals surface area (Å²) >= 11 is 0. The van der Waals surface area contributed by atoms with Gasteiger partial charge in [0.2, 0.25) is 21.8 Å². The van der Waals surface area contributed by atoms with Crippen molar-refractivity contribution < 1.29 is 22.7 Å². The number of hydrogen-bond donors (Lipinski definition) is 2. The van der Waals surface area contributed by atoms with Gasteiger partial charge in [-0.3, -0.25) is 14.5 Å². The number of primary sulfonamides is 1. The van der Waals surface area contributed by atoms with Crippen molar-refractivity contribution in [2.75, 3.05) is 23.4 Å². The van der Waals surface area contributed by atoms with Crippen LogP contribution in [0, 0.1) is 13.8 Å². The van der Waals surface area contributed by atoms with Gasteiger partial charge < -0.3 is 10.1 Å². The number of sulfonamides is 1. The van der Waals surface area contributed by atoms with Crippen LogP contribution in [0.2, 0.25) is 0 Å². The van der Waals surface area contributed by atoms with Crippen LogP contribution < -0.4 is 20.1 Å². The third kappa shape index (κ3) is 4.15. The SMILES string of the molecule is Cc1cc(S(N)(=O)=O)cc(NC(=O)CN2C(=O)CCOc3ccccc32)c1C. The molecule has 0 aliphatic carbocycles. The second kappa shape index (κ2) is 7.61. The van der Waals surface area contributed by atoms with Gasteiger partial charge in [-0.2, -0.15) is 0 Å². The van der Waals surface area contributed by atoms with E-state index in [-0.39, 0.29) is 30.4 Å². The van der Waals surface area contributed by atoms with Gasteiger partial charge in [0.1, 0.15) is 12.3 Å². The van der Waals surface area contributed by atoms with Crippen LogP contribution in [-0.2, 0) is 19.6 Å². The van der Waals surface area contributed by atoms with Gasteiger partial charge in [0, 0.05) is 5.69 Å². The molecule has 0 bridgehead atoms. The van der Waals surface area contributed by atoms with Crippen LogP contribution >= 0.6 is 0 Å². The van der Waals surface area contributed by atoms with Crippen molar-refractivity contribution in [2.24, 2.45) is 5.14 Å². The number of aryl methyl sites for hydroxylation is 1. The summed E-state index contributed by atoms with van der Waals surface area (Å²) in [6.45, 7) is 3.50. The molecule has 3 N–H and O–H groups in total. The smallest absolute Gasteiger partial charge is 0.244 e. The molecular weight excluding hydrogens is 382 g/mol. The number of carbonyl (C=O) groups excluding carboxylic acids is 2. The van der Waals surface area contributed by atoms with Crippen molar-refractivity contribution in [3.05, 3.63) is 47.5 Å². The predicted octanol–water partition coefficient (Wildman–Crippen LogP) is 1.71. The summed E-state index contributed by atoms with van der Waals surface area (Å²) in [7, 11) is -3.91. The minimum Gasteiger partial charge on any atom is -0.491 e. The first kappa shape index (κ1) is 19.8. The van der Waals surface area contributed by atoms with E-state index in [2.05, 4.69) is 5.32 Å². The fourth-order valence-electron chi connectivity index (χ4n) is 2.95. The quantitative estimate of drug-likeness (QED) is 0.805. The average Bonchev–Trinajstić information content (AvgIpc) is 2.77. The van der Waals surface area contributed by atoms with Crippen LogP contribution in [-0.4, -0.2) is 33.4 Å². The van der Waals surface area contributed by atoms with Gasteiger partial charge in [0.15, 0.2) is 0 Å². The third-order valence-electron chi connectivity index (χ3n) is 4.58. The summed E-state index contributed by atoms with van der Waals surface area (Å²) in [6, 6.07) is 9.76. The molecule has 0 spiro atoms. The number of hydrogen-bond acceptors (Lipinski definition) is 5. The molecule has 0 saturated heterocycles. The Balaban J connectivity index is 1.87. The Bertz CT molecular complexity index is 1050. The highest BCUT2D eigenvalue weighted by molar-refractivity contribution is 7.89. The first-order valence-corrected chi connectivity index (χ1v) is 10.2. The van der Waals surface area contributed by atoms with E-state index in [1.54, 1.807) is 38.1 Å². The molecule has 8 nitrogen and oxygen atoms in total. The number of fused-ring (bicyclic) bond motifs is 1. The minimum absolute atomic E-state index is 0.0875. The van der Waals surface area contributed by atoms with Crippen LogP contribution in [0.4, 0.5) is 11.4 Å². The number of nitrogens with two attached hydrogens (primary N) is 1. The van der Waals surface area contributed by atoms with Gasteiger partial charge in [-0.05, 0) is 49.2 Å². The molecular formula is C19H21N3O5S. The molecule has 2 amide bonds. The number of rotatable bonds is 4. The number of amides is 2. The van der Waals surface area contributed by atoms with Gasteiger partial charge in [0.05, 0.1) is 23.6 Å². The molecule has 148 valence electrons. The molecule has 1 heterocycles. The van der Waals surface area contributed by atoms with E-state index in [4.69, 9.17) is 9.88 Å². The molecule has 0 radical (unpaired) electrons. The molecule has 1 aliphatic heterocycles. The Morgan fingerprint density at radius 2 is 1.96 bits per heavy atom. The van der Waals surface area contributed by atoms with Crippen LogP contribution in [0.25, 0.3) is 0 Å². The largest absolute Gasteiger partial charge is 0.491 e. The first-order valence-electron chi connectivity index (χ1n) is 8.63. The van der Waals surface area contributed by atoms with E-state index in [1.807, 2.05) is 0 Å². The molecule has 1 aliphatic rings. The first-order chi connectivity index (χ1) is 13.2. The summed E-state index contributed by atoms with van der Waals surface area (Å²) in [4.78, 5) is 26.4. The number of anilines is 2. The Hall–Kier alpha value is -2.91. The molecule has 0 fully saturated rings. The summed E-state index contributed by atoms with van der Waals surface area (Å²) in [5.41, 5.74) is 2.24. The standard InChI is InChI=1S/C19H21N3O5S/c1-12-9-14(28(20,25)26)10-15(13(12)2)21-18(23)11-22-16-5-3-4-6-17(16)27-8-7-19(22)24/h3-6,9-10H,7-8,11H2,1-2H3,(H,21,23)(H2,20,25,26). The van der Waals surface area contributed by atoms with Gasteiger partial charge in [-0.25, -0.2) is 13.6 Å². The second-order valence-corrected chi connectivity index (χ2v) is 8.11. The van der Waals surface area contributed by atoms with Gasteiger partial charge in [-0.15, -0.1) is 0 Å². The third-order valence-corrected chi connectivity index (χ3v) is 5.47. The van der Waals surface area contributed by atoms with Crippen LogP contribution in [0.1, 0.15) is 17.5 Å². The molecule has 0 aromatic heterocycles. The van der Waals surface area contributed by atoms with Crippen molar-refractivity contribution in [3.63, 3.8) is 0 Å². The fourth-order valence-corrected chi connectivity index (χ4v) is 3.57. The zero-order valence-corrected chi connectivity index (χ0v) is 16.4. The summed E-state index contributed by atoms with van der Waals surface area (Å²) < 4.78 is 28.9. The molecule has 9 heteroatoms. The monoisotopic (exact) mass is 403 g/mol. The molecule has 3 rings (SSSR count). The normalized spacial score (nSPS) is 14.1. The number of para-hydroxylation sites is 2. The molecule has 2 aromatic carbocycles. The maximum Gasteiger partial charge on any atom is 0.244 e. The lowest BCUT2D eigenvalue weighted by molar-refractivity contribution is -0.121. The highest BCUT2D eigenvalue weighted by atomic mass is 32.2. The summed E-state index contributed by atoms with van der Waals surface area (Å²) in [6.07, 6.45) is 0.154. The number of ether oxygens (including phenoxy) is 1. The van der Waals surface area contributed by atoms with Crippen LogP contribution in [0.5, 0.6) is 5.75 Å². The Morgan fingerprint density at radius 1 is 1.25 bits per heavy atom. The summed E-state index contributed by atoms with van der Waals surface area (Å²) in [5.74, 6) is -0.158. The maximum atomic E-state index is 12.6. The highest BCUT2D eigenvalue weighted by Gasteiger charge is 2.25. The topological polar surface area (TPSA) is 119 Å². The fraction of sp³-hybridized carbons (Fsp3) is 0.263. The van der Waals surface area contributed by atoms with E-state index in [0.29, 0.717) is 28.3 Å². The lowest BCUT2D eigenvalue weighted by Crippen LogP contribution is -2.37. The number of nitrogens with zero attached hydrogens (tertiary/aromatic N) is 1. The van der Waals surface area contributed by atoms with E-state index in [0.717, 1.165) is 0 Å². The Labute approximate surface area is 163 Å². The number of benzene rings is 2. The lowest BCUT2D eigenvalue weighted by Gasteiger charge is -2.22. The van der Waals surface area contributed by atoms with Gasteiger partial charge >= 0.3 is 0 Å². The zero-order valence-electron chi connectivity index (χ0n) is 15.6. The Kier molecular flexibility index (Phi) is 5.39. The van der Waals surface area contributed by atoms with Crippen LogP contribution in [0.15, 0.2) is 41.3 Å². The van der Waals surface area contributed by atoms with Crippen LogP contribution in [0.3, 0.4) is 0 Å². The average molecular weight is 403 g/mol. The van der Waals surface area contributed by atoms with Gasteiger partial charge in [0.25, 0.3) is 0 Å². The molecule has 2 aromatic rings. The number of carbonyl (C=O) groups is 2. The van der Waals surface area contributed by atoms with Crippen molar-refractivity contribution >= 4 is 33.2 Å². The van der Waals surface area contributed by atoms with Crippen molar-refractivity contribution in [1.82, 2.24) is 0 Å². The van der Waals surface area contributed by atoms with Gasteiger partial charge in [-0.1, -0.05) is 12.1 Å². The molecule has 0 saturated carbocycles. The van der Waals surface area contributed by atoms with E-state index in [1.165, 1.54) is 17.0 Å². The summed E-state index contributed by atoms with van der Waals surface area (Å²) in [5, 5.41) is 7.90. The maximum absolute atomic E-state index is 12.6. The number of nitrogens with one attached hydrogen (secondary N) is 1. The van der Waals surface area contributed by atoms with Crippen molar-refractivity contribution in [3.8, 4) is 5.75 Å². The van der Waals surface area contributed by atoms with E-state index in [9.17, 15) is 18.0 Å². The predicted molar refractivity (Wildman–Crippen MR) is 105 cm³/mol. The van der Waals surface area contributed by atoms with Crippen molar-refractivity contribution in [1.29, 1.82) is 0 Å². The second-order valence-electron chi connectivity index (χ2n) is 6.55. The molecule has 0 unspecified atom stereocenters. The highest BCUT2D eigenvalue weighted by Crippen LogP contribution is 2.31. The minimum atomic E-state index is -3.91. The van der Waals surface area contributed by atoms with Crippen molar-refractivity contribution in [2.45, 2.75) is 25.2 Å². The molecule has 0 atom stereocenters. The molecule has 28 heavy (non-hydrogen) atoms. The zero-order chi connectivity index (χ0) is 20.5. The van der Waals surface area contributed by atoms with E-state index >= 15 is 0 Å².